The van der Waals surface area contributed by atoms with Crippen LogP contribution in [0.15, 0.2) is 0 Å². The van der Waals surface area contributed by atoms with Crippen molar-refractivity contribution >= 4 is 5.91 Å². The van der Waals surface area contributed by atoms with Crippen molar-refractivity contribution in [2.75, 3.05) is 52.9 Å². The Bertz CT molecular complexity index is 252. The summed E-state index contributed by atoms with van der Waals surface area (Å²) in [5, 5.41) is 6.10. The Kier molecular flexibility index (Phi) is 8.02. The predicted molar refractivity (Wildman–Crippen MR) is 79.3 cm³/mol. The minimum absolute atomic E-state index is 0.175. The SMILES string of the molecule is CCN1CCN(C(C)CNC(=O)CCCNC)CC1. The second-order valence-corrected chi connectivity index (χ2v) is 5.33. The molecule has 0 spiro atoms. The largest absolute Gasteiger partial charge is 0.355 e. The summed E-state index contributed by atoms with van der Waals surface area (Å²) >= 11 is 0. The molecule has 5 nitrogen and oxygen atoms in total. The summed E-state index contributed by atoms with van der Waals surface area (Å²) in [6, 6.07) is 0.437. The fourth-order valence-electron chi connectivity index (χ4n) is 2.43. The maximum Gasteiger partial charge on any atom is 0.220 e. The Labute approximate surface area is 117 Å². The number of carbonyl (C=O) groups excluding carboxylic acids is 1. The third-order valence-electron chi connectivity index (χ3n) is 3.90. The van der Waals surface area contributed by atoms with Crippen molar-refractivity contribution in [1.29, 1.82) is 0 Å². The molecule has 0 aliphatic carbocycles. The van der Waals surface area contributed by atoms with Crippen LogP contribution in [0.5, 0.6) is 0 Å². The second-order valence-electron chi connectivity index (χ2n) is 5.33. The molecular weight excluding hydrogens is 240 g/mol. The van der Waals surface area contributed by atoms with Gasteiger partial charge in [-0.25, -0.2) is 0 Å². The van der Waals surface area contributed by atoms with Crippen molar-refractivity contribution in [2.45, 2.75) is 32.7 Å². The third kappa shape index (κ3) is 6.36. The summed E-state index contributed by atoms with van der Waals surface area (Å²) in [5.41, 5.74) is 0. The lowest BCUT2D eigenvalue weighted by Crippen LogP contribution is -2.52. The number of nitrogens with zero attached hydrogens (tertiary/aromatic N) is 2. The highest BCUT2D eigenvalue weighted by atomic mass is 16.1. The van der Waals surface area contributed by atoms with E-state index in [0.717, 1.165) is 52.2 Å². The monoisotopic (exact) mass is 270 g/mol. The van der Waals surface area contributed by atoms with Crippen LogP contribution in [0.4, 0.5) is 0 Å². The molecule has 1 unspecified atom stereocenters. The molecule has 1 atom stereocenters. The first-order valence-corrected chi connectivity index (χ1v) is 7.55. The van der Waals surface area contributed by atoms with Gasteiger partial charge in [0.25, 0.3) is 0 Å². The minimum atomic E-state index is 0.175. The van der Waals surface area contributed by atoms with Crippen LogP contribution in [-0.2, 0) is 4.79 Å². The van der Waals surface area contributed by atoms with Crippen LogP contribution in [-0.4, -0.2) is 74.6 Å². The van der Waals surface area contributed by atoms with Crippen molar-refractivity contribution < 1.29 is 4.79 Å². The van der Waals surface area contributed by atoms with Crippen LogP contribution in [0.25, 0.3) is 0 Å². The van der Waals surface area contributed by atoms with Gasteiger partial charge in [0.05, 0.1) is 0 Å². The van der Waals surface area contributed by atoms with E-state index in [1.807, 2.05) is 7.05 Å². The van der Waals surface area contributed by atoms with Gasteiger partial charge in [0.2, 0.25) is 5.91 Å². The van der Waals surface area contributed by atoms with Crippen molar-refractivity contribution in [2.24, 2.45) is 0 Å². The molecule has 112 valence electrons. The molecule has 1 aliphatic rings. The fourth-order valence-corrected chi connectivity index (χ4v) is 2.43. The average molecular weight is 270 g/mol. The highest BCUT2D eigenvalue weighted by Crippen LogP contribution is 2.05. The van der Waals surface area contributed by atoms with Gasteiger partial charge in [-0.05, 0) is 33.5 Å². The van der Waals surface area contributed by atoms with E-state index < -0.39 is 0 Å². The summed E-state index contributed by atoms with van der Waals surface area (Å²) in [7, 11) is 1.91. The number of rotatable bonds is 8. The molecule has 0 radical (unpaired) electrons. The van der Waals surface area contributed by atoms with Crippen molar-refractivity contribution in [3.8, 4) is 0 Å². The molecule has 1 amide bonds. The molecule has 0 bridgehead atoms. The van der Waals surface area contributed by atoms with E-state index in [1.165, 1.54) is 0 Å². The summed E-state index contributed by atoms with van der Waals surface area (Å²) in [4.78, 5) is 16.6. The van der Waals surface area contributed by atoms with Crippen LogP contribution in [0.2, 0.25) is 0 Å². The standard InChI is InChI=1S/C14H30N4O/c1-4-17-8-10-18(11-9-17)13(2)12-16-14(19)6-5-7-15-3/h13,15H,4-12H2,1-3H3,(H,16,19). The highest BCUT2D eigenvalue weighted by Gasteiger charge is 2.20. The van der Waals surface area contributed by atoms with E-state index >= 15 is 0 Å². The Hall–Kier alpha value is -0.650. The molecule has 1 rings (SSSR count). The molecule has 2 N–H and O–H groups in total. The fraction of sp³-hybridized carbons (Fsp3) is 0.929. The summed E-state index contributed by atoms with van der Waals surface area (Å²) < 4.78 is 0. The molecule has 1 aliphatic heterocycles. The average Bonchev–Trinajstić information content (AvgIpc) is 2.45. The molecule has 0 saturated carbocycles. The maximum atomic E-state index is 11.6. The van der Waals surface area contributed by atoms with Crippen LogP contribution in [0, 0.1) is 0 Å². The lowest BCUT2D eigenvalue weighted by molar-refractivity contribution is -0.121. The van der Waals surface area contributed by atoms with Crippen LogP contribution >= 0.6 is 0 Å². The molecule has 0 aromatic rings. The van der Waals surface area contributed by atoms with E-state index in [9.17, 15) is 4.79 Å². The van der Waals surface area contributed by atoms with Crippen molar-refractivity contribution in [3.05, 3.63) is 0 Å². The van der Waals surface area contributed by atoms with Gasteiger partial charge < -0.3 is 15.5 Å². The Morgan fingerprint density at radius 1 is 1.26 bits per heavy atom. The normalized spacial score (nSPS) is 19.3. The highest BCUT2D eigenvalue weighted by molar-refractivity contribution is 5.75. The Morgan fingerprint density at radius 3 is 2.53 bits per heavy atom. The van der Waals surface area contributed by atoms with Gasteiger partial charge in [0.1, 0.15) is 0 Å². The van der Waals surface area contributed by atoms with Gasteiger partial charge in [0.15, 0.2) is 0 Å². The lowest BCUT2D eigenvalue weighted by Gasteiger charge is -2.37. The summed E-state index contributed by atoms with van der Waals surface area (Å²) in [5.74, 6) is 0.175. The number of hydrogen-bond donors (Lipinski definition) is 2. The molecule has 1 saturated heterocycles. The van der Waals surface area contributed by atoms with E-state index in [-0.39, 0.29) is 5.91 Å². The third-order valence-corrected chi connectivity index (χ3v) is 3.90. The van der Waals surface area contributed by atoms with E-state index in [1.54, 1.807) is 0 Å². The van der Waals surface area contributed by atoms with E-state index in [4.69, 9.17) is 0 Å². The number of likely N-dealkylation sites (N-methyl/N-ethyl adjacent to an activating group) is 1. The zero-order valence-corrected chi connectivity index (χ0v) is 12.7. The molecule has 19 heavy (non-hydrogen) atoms. The Morgan fingerprint density at radius 2 is 1.95 bits per heavy atom. The molecule has 1 fully saturated rings. The van der Waals surface area contributed by atoms with Crippen molar-refractivity contribution in [3.63, 3.8) is 0 Å². The van der Waals surface area contributed by atoms with Gasteiger partial charge in [-0.3, -0.25) is 9.69 Å². The number of hydrogen-bond acceptors (Lipinski definition) is 4. The first-order chi connectivity index (χ1) is 9.17. The lowest BCUT2D eigenvalue weighted by atomic mass is 10.2. The molecule has 0 aromatic heterocycles. The van der Waals surface area contributed by atoms with Crippen molar-refractivity contribution in [1.82, 2.24) is 20.4 Å². The number of amides is 1. The first-order valence-electron chi connectivity index (χ1n) is 7.55. The zero-order chi connectivity index (χ0) is 14.1. The predicted octanol–water partition coefficient (Wildman–Crippen LogP) is 0.128. The number of carbonyl (C=O) groups is 1. The number of nitrogens with one attached hydrogen (secondary N) is 2. The van der Waals surface area contributed by atoms with Crippen LogP contribution in [0.3, 0.4) is 0 Å². The zero-order valence-electron chi connectivity index (χ0n) is 12.7. The molecular formula is C14H30N4O. The number of piperazine rings is 1. The van der Waals surface area contributed by atoms with Gasteiger partial charge in [-0.15, -0.1) is 0 Å². The summed E-state index contributed by atoms with van der Waals surface area (Å²) in [6.07, 6.45) is 1.53. The van der Waals surface area contributed by atoms with E-state index in [0.29, 0.717) is 12.5 Å². The van der Waals surface area contributed by atoms with Gasteiger partial charge in [-0.1, -0.05) is 6.92 Å². The van der Waals surface area contributed by atoms with Gasteiger partial charge in [-0.2, -0.15) is 0 Å². The van der Waals surface area contributed by atoms with Gasteiger partial charge >= 0.3 is 0 Å². The second kappa shape index (κ2) is 9.28. The van der Waals surface area contributed by atoms with Crippen LogP contribution in [0.1, 0.15) is 26.7 Å². The Balaban J connectivity index is 2.13. The maximum absolute atomic E-state index is 11.6. The van der Waals surface area contributed by atoms with Gasteiger partial charge in [0, 0.05) is 45.2 Å². The van der Waals surface area contributed by atoms with E-state index in [2.05, 4.69) is 34.3 Å². The quantitative estimate of drug-likeness (QED) is 0.616. The molecule has 1 heterocycles. The molecule has 5 heteroatoms. The smallest absolute Gasteiger partial charge is 0.220 e. The minimum Gasteiger partial charge on any atom is -0.355 e. The first kappa shape index (κ1) is 16.4. The summed E-state index contributed by atoms with van der Waals surface area (Å²) in [6.45, 7) is 11.8. The topological polar surface area (TPSA) is 47.6 Å². The molecule has 0 aromatic carbocycles. The van der Waals surface area contributed by atoms with Crippen LogP contribution < -0.4 is 10.6 Å².